The molecule has 162 valence electrons. The molecule has 1 atom stereocenters. The normalized spacial score (nSPS) is 17.3. The first kappa shape index (κ1) is 22.0. The molecule has 1 amide bonds. The third-order valence-electron chi connectivity index (χ3n) is 5.01. The van der Waals surface area contributed by atoms with Gasteiger partial charge in [0.2, 0.25) is 5.91 Å². The number of carbonyl (C=O) groups excluding carboxylic acids is 1. The van der Waals surface area contributed by atoms with Gasteiger partial charge in [0.05, 0.1) is 11.3 Å². The number of likely N-dealkylation sites (tertiary alicyclic amines) is 1. The minimum absolute atomic E-state index is 0.0303. The van der Waals surface area contributed by atoms with Gasteiger partial charge in [-0.05, 0) is 30.9 Å². The van der Waals surface area contributed by atoms with E-state index in [-0.39, 0.29) is 17.6 Å². The summed E-state index contributed by atoms with van der Waals surface area (Å²) in [6.45, 7) is 6.97. The molecule has 1 fully saturated rings. The molecule has 0 aromatic carbocycles. The summed E-state index contributed by atoms with van der Waals surface area (Å²) in [5.41, 5.74) is 0.0159. The summed E-state index contributed by atoms with van der Waals surface area (Å²) in [5.74, 6) is 1.51. The van der Waals surface area contributed by atoms with Crippen molar-refractivity contribution in [2.24, 2.45) is 5.92 Å². The number of halogens is 3. The van der Waals surface area contributed by atoms with Gasteiger partial charge in [0.15, 0.2) is 0 Å². The molecule has 3 heterocycles. The van der Waals surface area contributed by atoms with Gasteiger partial charge in [0.25, 0.3) is 0 Å². The van der Waals surface area contributed by atoms with Crippen LogP contribution in [0.4, 0.5) is 24.8 Å². The zero-order valence-corrected chi connectivity index (χ0v) is 17.3. The van der Waals surface area contributed by atoms with Gasteiger partial charge in [-0.1, -0.05) is 13.8 Å². The summed E-state index contributed by atoms with van der Waals surface area (Å²) in [5, 5.41) is 2.90. The molecule has 0 spiro atoms. The molecule has 0 aliphatic carbocycles. The van der Waals surface area contributed by atoms with E-state index in [2.05, 4.69) is 29.1 Å². The minimum Gasteiger partial charge on any atom is -0.342 e. The van der Waals surface area contributed by atoms with Gasteiger partial charge in [-0.25, -0.2) is 15.0 Å². The highest BCUT2D eigenvalue weighted by Crippen LogP contribution is 2.31. The summed E-state index contributed by atoms with van der Waals surface area (Å²) >= 11 is 0. The molecule has 2 aromatic rings. The topological polar surface area (TPSA) is 71.0 Å². The van der Waals surface area contributed by atoms with Gasteiger partial charge in [-0.2, -0.15) is 13.2 Å². The maximum absolute atomic E-state index is 13.0. The van der Waals surface area contributed by atoms with Crippen molar-refractivity contribution < 1.29 is 18.0 Å². The molecule has 1 N–H and O–H groups in total. The molecular formula is C21H26F3N5O. The number of rotatable bonds is 5. The number of carbonyl (C=O) groups is 1. The molecule has 0 bridgehead atoms. The van der Waals surface area contributed by atoms with E-state index in [0.29, 0.717) is 30.5 Å². The molecule has 0 radical (unpaired) electrons. The van der Waals surface area contributed by atoms with Gasteiger partial charge in [0.1, 0.15) is 17.5 Å². The number of nitrogens with one attached hydrogen (secondary N) is 1. The van der Waals surface area contributed by atoms with E-state index >= 15 is 0 Å². The fourth-order valence-electron chi connectivity index (χ4n) is 3.56. The van der Waals surface area contributed by atoms with Crippen LogP contribution in [0.2, 0.25) is 0 Å². The van der Waals surface area contributed by atoms with Crippen LogP contribution in [0.25, 0.3) is 0 Å². The Morgan fingerprint density at radius 3 is 2.70 bits per heavy atom. The number of amides is 1. The van der Waals surface area contributed by atoms with Crippen LogP contribution in [0, 0.1) is 5.92 Å². The lowest BCUT2D eigenvalue weighted by molar-refractivity contribution is -0.137. The summed E-state index contributed by atoms with van der Waals surface area (Å²) in [7, 11) is 0. The second-order valence-corrected chi connectivity index (χ2v) is 8.05. The van der Waals surface area contributed by atoms with Gasteiger partial charge < -0.3 is 10.2 Å². The van der Waals surface area contributed by atoms with E-state index in [0.717, 1.165) is 43.4 Å². The van der Waals surface area contributed by atoms with Crippen LogP contribution < -0.4 is 5.32 Å². The summed E-state index contributed by atoms with van der Waals surface area (Å²) in [4.78, 5) is 26.8. The molecular weight excluding hydrogens is 395 g/mol. The Hall–Kier alpha value is -2.71. The maximum Gasteiger partial charge on any atom is 0.416 e. The van der Waals surface area contributed by atoms with Crippen molar-refractivity contribution in [1.29, 1.82) is 0 Å². The van der Waals surface area contributed by atoms with Gasteiger partial charge in [0, 0.05) is 44.6 Å². The Kier molecular flexibility index (Phi) is 6.58. The Bertz CT molecular complexity index is 900. The second kappa shape index (κ2) is 8.97. The number of hydrogen-bond donors (Lipinski definition) is 1. The van der Waals surface area contributed by atoms with Crippen molar-refractivity contribution in [3.8, 4) is 0 Å². The van der Waals surface area contributed by atoms with Crippen molar-refractivity contribution in [3.05, 3.63) is 41.5 Å². The minimum atomic E-state index is -4.45. The first-order chi connectivity index (χ1) is 14.1. The van der Waals surface area contributed by atoms with E-state index in [9.17, 15) is 18.0 Å². The number of aromatic nitrogens is 3. The van der Waals surface area contributed by atoms with Crippen LogP contribution in [0.15, 0.2) is 24.4 Å². The van der Waals surface area contributed by atoms with Crippen molar-refractivity contribution in [3.63, 3.8) is 0 Å². The van der Waals surface area contributed by atoms with Crippen LogP contribution in [0.1, 0.15) is 56.6 Å². The number of alkyl halides is 3. The monoisotopic (exact) mass is 421 g/mol. The number of anilines is 2. The lowest BCUT2D eigenvalue weighted by Crippen LogP contribution is -2.38. The molecule has 1 unspecified atom stereocenters. The smallest absolute Gasteiger partial charge is 0.342 e. The van der Waals surface area contributed by atoms with E-state index in [1.54, 1.807) is 17.9 Å². The van der Waals surface area contributed by atoms with E-state index in [1.807, 2.05) is 0 Å². The maximum atomic E-state index is 13.0. The summed E-state index contributed by atoms with van der Waals surface area (Å²) in [6, 6.07) is 3.64. The molecule has 9 heteroatoms. The zero-order valence-electron chi connectivity index (χ0n) is 17.3. The molecule has 1 aliphatic rings. The van der Waals surface area contributed by atoms with Gasteiger partial charge in [-0.3, -0.25) is 4.79 Å². The number of hydrogen-bond acceptors (Lipinski definition) is 5. The van der Waals surface area contributed by atoms with E-state index < -0.39 is 11.7 Å². The highest BCUT2D eigenvalue weighted by molar-refractivity contribution is 5.73. The fourth-order valence-corrected chi connectivity index (χ4v) is 3.56. The number of nitrogens with zero attached hydrogens (tertiary/aromatic N) is 4. The molecule has 1 saturated heterocycles. The van der Waals surface area contributed by atoms with Crippen molar-refractivity contribution in [1.82, 2.24) is 19.9 Å². The fraction of sp³-hybridized carbons (Fsp3) is 0.524. The predicted molar refractivity (Wildman–Crippen MR) is 107 cm³/mol. The van der Waals surface area contributed by atoms with Crippen LogP contribution in [0.5, 0.6) is 0 Å². The third-order valence-corrected chi connectivity index (χ3v) is 5.01. The number of piperidine rings is 1. The van der Waals surface area contributed by atoms with Crippen LogP contribution in [-0.4, -0.2) is 38.8 Å². The lowest BCUT2D eigenvalue weighted by Gasteiger charge is -2.32. The zero-order chi connectivity index (χ0) is 21.9. The third kappa shape index (κ3) is 5.67. The highest BCUT2D eigenvalue weighted by Gasteiger charge is 2.31. The number of pyridine rings is 1. The van der Waals surface area contributed by atoms with Crippen molar-refractivity contribution in [2.75, 3.05) is 18.4 Å². The highest BCUT2D eigenvalue weighted by atomic mass is 19.4. The standard InChI is InChI=1S/C21H26F3N5O/c1-13(2)9-19-26-17(15-5-4-8-29(12-15)14(3)30)11-20(28-19)27-18-10-16(6-7-25-18)21(22,23)24/h6-7,10-11,13,15H,4-5,8-9,12H2,1-3H3,(H,25,26,27,28). The Balaban J connectivity index is 1.90. The molecule has 6 nitrogen and oxygen atoms in total. The Morgan fingerprint density at radius 1 is 1.27 bits per heavy atom. The average Bonchev–Trinajstić information content (AvgIpc) is 2.67. The van der Waals surface area contributed by atoms with Crippen molar-refractivity contribution >= 4 is 17.5 Å². The first-order valence-electron chi connectivity index (χ1n) is 10.1. The van der Waals surface area contributed by atoms with Crippen LogP contribution >= 0.6 is 0 Å². The molecule has 30 heavy (non-hydrogen) atoms. The van der Waals surface area contributed by atoms with Crippen LogP contribution in [0.3, 0.4) is 0 Å². The average molecular weight is 421 g/mol. The Morgan fingerprint density at radius 2 is 2.03 bits per heavy atom. The van der Waals surface area contributed by atoms with E-state index in [1.165, 1.54) is 0 Å². The SMILES string of the molecule is CC(=O)N1CCCC(c2cc(Nc3cc(C(F)(F)F)ccn3)nc(CC(C)C)n2)C1. The first-order valence-corrected chi connectivity index (χ1v) is 10.1. The summed E-state index contributed by atoms with van der Waals surface area (Å²) < 4.78 is 39.0. The molecule has 2 aromatic heterocycles. The second-order valence-electron chi connectivity index (χ2n) is 8.05. The molecule has 1 aliphatic heterocycles. The van der Waals surface area contributed by atoms with Gasteiger partial charge >= 0.3 is 6.18 Å². The Labute approximate surface area is 173 Å². The lowest BCUT2D eigenvalue weighted by atomic mass is 9.94. The van der Waals surface area contributed by atoms with Crippen LogP contribution in [-0.2, 0) is 17.4 Å². The summed E-state index contributed by atoms with van der Waals surface area (Å²) in [6.07, 6.45) is -0.915. The predicted octanol–water partition coefficient (Wildman–Crippen LogP) is 4.56. The van der Waals surface area contributed by atoms with E-state index in [4.69, 9.17) is 4.98 Å². The van der Waals surface area contributed by atoms with Crippen molar-refractivity contribution in [2.45, 2.75) is 52.1 Å². The quantitative estimate of drug-likeness (QED) is 0.767. The molecule has 0 saturated carbocycles. The van der Waals surface area contributed by atoms with Gasteiger partial charge in [-0.15, -0.1) is 0 Å². The molecule has 3 rings (SSSR count). The largest absolute Gasteiger partial charge is 0.416 e.